The summed E-state index contributed by atoms with van der Waals surface area (Å²) >= 11 is 0. The summed E-state index contributed by atoms with van der Waals surface area (Å²) in [6.07, 6.45) is -1.52. The number of rotatable bonds is 17. The van der Waals surface area contributed by atoms with Crippen LogP contribution in [0.5, 0.6) is 0 Å². The maximum Gasteiger partial charge on any atom is 0.328 e. The van der Waals surface area contributed by atoms with Crippen LogP contribution < -0.4 is 33.2 Å². The van der Waals surface area contributed by atoms with Crippen molar-refractivity contribution < 1.29 is 49.2 Å². The molecule has 0 aliphatic heterocycles. The van der Waals surface area contributed by atoms with Crippen molar-refractivity contribution in [3.8, 4) is 0 Å². The summed E-state index contributed by atoms with van der Waals surface area (Å²) in [6.45, 7) is -0.935. The van der Waals surface area contributed by atoms with Gasteiger partial charge in [-0.2, -0.15) is 0 Å². The fourth-order valence-corrected chi connectivity index (χ4v) is 2.58. The monoisotopic (exact) mass is 505 g/mol. The zero-order chi connectivity index (χ0) is 27.1. The van der Waals surface area contributed by atoms with Crippen molar-refractivity contribution in [1.29, 1.82) is 0 Å². The van der Waals surface area contributed by atoms with E-state index in [1.54, 1.807) is 0 Å². The highest BCUT2D eigenvalue weighted by molar-refractivity contribution is 5.95. The minimum atomic E-state index is -1.76. The lowest BCUT2D eigenvalue weighted by Gasteiger charge is -2.24. The van der Waals surface area contributed by atoms with Crippen LogP contribution in [0.4, 0.5) is 0 Å². The van der Waals surface area contributed by atoms with Crippen molar-refractivity contribution in [3.63, 3.8) is 0 Å². The van der Waals surface area contributed by atoms with Gasteiger partial charge >= 0.3 is 17.9 Å². The second-order valence-electron chi connectivity index (χ2n) is 7.29. The van der Waals surface area contributed by atoms with E-state index < -0.39 is 79.2 Å². The molecule has 4 atom stereocenters. The van der Waals surface area contributed by atoms with Crippen LogP contribution in [0.1, 0.15) is 32.1 Å². The van der Waals surface area contributed by atoms with Crippen molar-refractivity contribution in [2.75, 3.05) is 13.2 Å². The van der Waals surface area contributed by atoms with Crippen molar-refractivity contribution in [1.82, 2.24) is 16.0 Å². The Kier molecular flexibility index (Phi) is 14.0. The molecule has 0 aliphatic carbocycles. The third-order valence-electron chi connectivity index (χ3n) is 4.39. The molecule has 198 valence electrons. The van der Waals surface area contributed by atoms with Crippen LogP contribution in [0, 0.1) is 0 Å². The molecule has 0 radical (unpaired) electrons. The van der Waals surface area contributed by atoms with Gasteiger partial charge in [-0.25, -0.2) is 4.79 Å². The van der Waals surface area contributed by atoms with Gasteiger partial charge in [0.2, 0.25) is 17.7 Å². The second-order valence-corrected chi connectivity index (χ2v) is 7.29. The van der Waals surface area contributed by atoms with E-state index in [9.17, 15) is 28.8 Å². The molecule has 0 saturated carbocycles. The second kappa shape index (κ2) is 15.8. The molecule has 4 unspecified atom stereocenters. The predicted molar refractivity (Wildman–Crippen MR) is 118 cm³/mol. The van der Waals surface area contributed by atoms with Crippen LogP contribution >= 0.6 is 0 Å². The molecule has 17 heteroatoms. The van der Waals surface area contributed by atoms with Crippen molar-refractivity contribution in [2.24, 2.45) is 22.2 Å². The first kappa shape index (κ1) is 31.0. The standard InChI is InChI=1S/C18H31N7O10/c19-8(3-4-12(27)28)14(31)23-9(2-1-5-22-18(20)21)15(32)24-10(6-13(29)30)16(33)25-11(7-26)17(34)35/h8-11,26H,1-7,19H2,(H,23,31)(H,24,32)(H,25,33)(H,27,28)(H,29,30)(H,34,35)(H4,20,21,22). The molecular formula is C18H31N7O10. The Bertz CT molecular complexity index is 815. The number of nitrogens with one attached hydrogen (secondary N) is 3. The van der Waals surface area contributed by atoms with Crippen molar-refractivity contribution in [2.45, 2.75) is 56.3 Å². The van der Waals surface area contributed by atoms with E-state index in [0.717, 1.165) is 0 Å². The van der Waals surface area contributed by atoms with E-state index in [2.05, 4.69) is 15.6 Å². The largest absolute Gasteiger partial charge is 0.481 e. The first-order valence-electron chi connectivity index (χ1n) is 10.3. The van der Waals surface area contributed by atoms with Gasteiger partial charge < -0.3 is 53.6 Å². The fourth-order valence-electron chi connectivity index (χ4n) is 2.58. The first-order valence-corrected chi connectivity index (χ1v) is 10.3. The topological polar surface area (TPSA) is 310 Å². The number of aliphatic carboxylic acids is 3. The maximum absolute atomic E-state index is 12.8. The Morgan fingerprint density at radius 2 is 1.31 bits per heavy atom. The maximum atomic E-state index is 12.8. The highest BCUT2D eigenvalue weighted by Gasteiger charge is 2.31. The number of carboxylic acids is 3. The van der Waals surface area contributed by atoms with Crippen LogP contribution in [0.2, 0.25) is 0 Å². The minimum absolute atomic E-state index is 0.0584. The number of carbonyl (C=O) groups excluding carboxylic acids is 3. The van der Waals surface area contributed by atoms with Gasteiger partial charge in [-0.1, -0.05) is 0 Å². The molecule has 0 bridgehead atoms. The Morgan fingerprint density at radius 3 is 1.80 bits per heavy atom. The Morgan fingerprint density at radius 1 is 0.771 bits per heavy atom. The van der Waals surface area contributed by atoms with Gasteiger partial charge in [0, 0.05) is 13.0 Å². The lowest BCUT2D eigenvalue weighted by Crippen LogP contribution is -2.57. The summed E-state index contributed by atoms with van der Waals surface area (Å²) in [7, 11) is 0. The molecule has 13 N–H and O–H groups in total. The third-order valence-corrected chi connectivity index (χ3v) is 4.39. The number of nitrogens with two attached hydrogens (primary N) is 3. The molecule has 0 aliphatic rings. The van der Waals surface area contributed by atoms with Gasteiger partial charge in [-0.15, -0.1) is 0 Å². The number of aliphatic imine (C=N–C) groups is 1. The smallest absolute Gasteiger partial charge is 0.328 e. The number of guanidine groups is 1. The Hall–Kier alpha value is -3.99. The van der Waals surface area contributed by atoms with Gasteiger partial charge in [0.25, 0.3) is 0 Å². The number of hydrogen-bond donors (Lipinski definition) is 10. The summed E-state index contributed by atoms with van der Waals surface area (Å²) in [5.74, 6) is -7.60. The first-order chi connectivity index (χ1) is 16.3. The Balaban J connectivity index is 5.54. The van der Waals surface area contributed by atoms with Crippen molar-refractivity contribution >= 4 is 41.6 Å². The normalized spacial score (nSPS) is 13.9. The lowest BCUT2D eigenvalue weighted by molar-refractivity contribution is -0.144. The van der Waals surface area contributed by atoms with E-state index in [0.29, 0.717) is 0 Å². The highest BCUT2D eigenvalue weighted by Crippen LogP contribution is 2.04. The molecule has 0 fully saturated rings. The van der Waals surface area contributed by atoms with E-state index >= 15 is 0 Å². The lowest BCUT2D eigenvalue weighted by atomic mass is 10.1. The van der Waals surface area contributed by atoms with Gasteiger partial charge in [0.1, 0.15) is 18.1 Å². The zero-order valence-corrected chi connectivity index (χ0v) is 18.7. The number of aliphatic hydroxyl groups is 1. The Labute approximate surface area is 199 Å². The molecule has 0 rings (SSSR count). The number of carbonyl (C=O) groups is 6. The summed E-state index contributed by atoms with van der Waals surface area (Å²) in [6, 6.07) is -6.15. The van der Waals surface area contributed by atoms with Crippen LogP contribution in [-0.2, 0) is 28.8 Å². The average Bonchev–Trinajstić information content (AvgIpc) is 2.75. The van der Waals surface area contributed by atoms with Crippen LogP contribution in [0.3, 0.4) is 0 Å². The molecule has 0 aromatic rings. The predicted octanol–water partition coefficient (Wildman–Crippen LogP) is -4.76. The number of amides is 3. The minimum Gasteiger partial charge on any atom is -0.481 e. The molecule has 17 nitrogen and oxygen atoms in total. The van der Waals surface area contributed by atoms with Crippen LogP contribution in [0.15, 0.2) is 4.99 Å². The molecule has 0 saturated heterocycles. The summed E-state index contributed by atoms with van der Waals surface area (Å²) < 4.78 is 0. The van der Waals surface area contributed by atoms with E-state index in [1.165, 1.54) is 0 Å². The zero-order valence-electron chi connectivity index (χ0n) is 18.7. The molecule has 3 amide bonds. The number of hydrogen-bond acceptors (Lipinski definition) is 9. The van der Waals surface area contributed by atoms with Gasteiger partial charge in [0.15, 0.2) is 5.96 Å². The molecular weight excluding hydrogens is 474 g/mol. The van der Waals surface area contributed by atoms with E-state index in [4.69, 9.17) is 37.6 Å². The summed E-state index contributed by atoms with van der Waals surface area (Å²) in [5.41, 5.74) is 16.1. The van der Waals surface area contributed by atoms with E-state index in [-0.39, 0.29) is 31.8 Å². The van der Waals surface area contributed by atoms with Gasteiger partial charge in [-0.3, -0.25) is 29.0 Å². The fraction of sp³-hybridized carbons (Fsp3) is 0.611. The number of carboxylic acid groups (broad SMARTS) is 3. The van der Waals surface area contributed by atoms with Gasteiger partial charge in [-0.05, 0) is 19.3 Å². The SMILES string of the molecule is NC(N)=NCCCC(NC(=O)C(N)CCC(=O)O)C(=O)NC(CC(=O)O)C(=O)NC(CO)C(=O)O. The molecule has 0 heterocycles. The summed E-state index contributed by atoms with van der Waals surface area (Å²) in [4.78, 5) is 74.0. The molecule has 35 heavy (non-hydrogen) atoms. The van der Waals surface area contributed by atoms with Crippen LogP contribution in [0.25, 0.3) is 0 Å². The molecule has 0 aromatic carbocycles. The molecule has 0 aromatic heterocycles. The van der Waals surface area contributed by atoms with Gasteiger partial charge in [0.05, 0.1) is 19.1 Å². The van der Waals surface area contributed by atoms with Crippen molar-refractivity contribution in [3.05, 3.63) is 0 Å². The highest BCUT2D eigenvalue weighted by atomic mass is 16.4. The number of nitrogens with zero attached hydrogens (tertiary/aromatic N) is 1. The average molecular weight is 505 g/mol. The molecule has 0 spiro atoms. The third kappa shape index (κ3) is 13.3. The van der Waals surface area contributed by atoms with E-state index in [1.807, 2.05) is 5.32 Å². The quantitative estimate of drug-likeness (QED) is 0.0504. The van der Waals surface area contributed by atoms with Crippen LogP contribution in [-0.4, -0.2) is 99.3 Å². The summed E-state index contributed by atoms with van der Waals surface area (Å²) in [5, 5.41) is 42.1. The number of aliphatic hydroxyl groups excluding tert-OH is 1.